The second kappa shape index (κ2) is 9.47. The third kappa shape index (κ3) is 5.18. The van der Waals surface area contributed by atoms with Gasteiger partial charge in [0, 0.05) is 39.1 Å². The lowest BCUT2D eigenvalue weighted by Crippen LogP contribution is -2.38. The van der Waals surface area contributed by atoms with Crippen molar-refractivity contribution >= 4 is 24.2 Å². The number of rotatable bonds is 4. The average Bonchev–Trinajstić information content (AvgIpc) is 2.78. The molecule has 1 heterocycles. The van der Waals surface area contributed by atoms with E-state index in [2.05, 4.69) is 5.32 Å². The number of amides is 2. The van der Waals surface area contributed by atoms with Crippen LogP contribution in [-0.2, 0) is 4.79 Å². The minimum Gasteiger partial charge on any atom is -0.341 e. The summed E-state index contributed by atoms with van der Waals surface area (Å²) in [5.74, 6) is -0.712. The highest BCUT2D eigenvalue weighted by Crippen LogP contribution is 2.13. The summed E-state index contributed by atoms with van der Waals surface area (Å²) in [7, 11) is 1.81. The van der Waals surface area contributed by atoms with E-state index in [-0.39, 0.29) is 29.8 Å². The third-order valence-corrected chi connectivity index (χ3v) is 3.83. The van der Waals surface area contributed by atoms with Gasteiger partial charge in [0.05, 0.1) is 5.56 Å². The van der Waals surface area contributed by atoms with Crippen LogP contribution in [0.15, 0.2) is 24.3 Å². The molecule has 1 saturated heterocycles. The zero-order chi connectivity index (χ0) is 15.9. The first-order valence-electron chi connectivity index (χ1n) is 7.59. The first-order valence-corrected chi connectivity index (χ1v) is 7.59. The van der Waals surface area contributed by atoms with Crippen LogP contribution >= 0.6 is 12.4 Å². The van der Waals surface area contributed by atoms with Crippen LogP contribution in [-0.4, -0.2) is 61.4 Å². The van der Waals surface area contributed by atoms with Crippen molar-refractivity contribution in [3.05, 3.63) is 35.6 Å². The van der Waals surface area contributed by atoms with E-state index in [1.54, 1.807) is 21.9 Å². The van der Waals surface area contributed by atoms with Gasteiger partial charge in [-0.2, -0.15) is 0 Å². The SMILES string of the molecule is CNCCC(=O)N1CCCN(C(=O)c2ccccc2F)CC1.Cl. The highest BCUT2D eigenvalue weighted by molar-refractivity contribution is 5.94. The van der Waals surface area contributed by atoms with Crippen molar-refractivity contribution in [3.63, 3.8) is 0 Å². The fraction of sp³-hybridized carbons (Fsp3) is 0.500. The Morgan fingerprint density at radius 2 is 1.78 bits per heavy atom. The molecule has 0 saturated carbocycles. The van der Waals surface area contributed by atoms with Crippen LogP contribution in [0.2, 0.25) is 0 Å². The van der Waals surface area contributed by atoms with Crippen molar-refractivity contribution in [2.24, 2.45) is 0 Å². The van der Waals surface area contributed by atoms with E-state index >= 15 is 0 Å². The van der Waals surface area contributed by atoms with Crippen molar-refractivity contribution in [2.75, 3.05) is 39.8 Å². The third-order valence-electron chi connectivity index (χ3n) is 3.83. The number of halogens is 2. The first kappa shape index (κ1) is 19.4. The summed E-state index contributed by atoms with van der Waals surface area (Å²) >= 11 is 0. The molecule has 1 aromatic rings. The standard InChI is InChI=1S/C16H22FN3O2.ClH/c1-18-8-7-15(21)19-9-4-10-20(12-11-19)16(22)13-5-2-3-6-14(13)17;/h2-3,5-6,18H,4,7-12H2,1H3;1H. The monoisotopic (exact) mass is 343 g/mol. The molecule has 0 radical (unpaired) electrons. The summed E-state index contributed by atoms with van der Waals surface area (Å²) in [5.41, 5.74) is 0.0949. The van der Waals surface area contributed by atoms with Gasteiger partial charge in [0.1, 0.15) is 5.82 Å². The number of carbonyl (C=O) groups excluding carboxylic acids is 2. The fourth-order valence-electron chi connectivity index (χ4n) is 2.56. The largest absolute Gasteiger partial charge is 0.341 e. The fourth-order valence-corrected chi connectivity index (χ4v) is 2.56. The maximum Gasteiger partial charge on any atom is 0.256 e. The van der Waals surface area contributed by atoms with E-state index in [4.69, 9.17) is 0 Å². The van der Waals surface area contributed by atoms with E-state index in [1.165, 1.54) is 12.1 Å². The molecule has 0 bridgehead atoms. The van der Waals surface area contributed by atoms with Crippen LogP contribution in [0, 0.1) is 5.82 Å². The van der Waals surface area contributed by atoms with Gasteiger partial charge >= 0.3 is 0 Å². The van der Waals surface area contributed by atoms with Gasteiger partial charge in [-0.3, -0.25) is 9.59 Å². The Bertz CT molecular complexity index is 542. The van der Waals surface area contributed by atoms with Crippen LogP contribution in [0.5, 0.6) is 0 Å². The van der Waals surface area contributed by atoms with E-state index in [9.17, 15) is 14.0 Å². The number of hydrogen-bond donors (Lipinski definition) is 1. The molecule has 7 heteroatoms. The molecule has 0 aromatic heterocycles. The molecule has 128 valence electrons. The summed E-state index contributed by atoms with van der Waals surface area (Å²) < 4.78 is 13.7. The Morgan fingerprint density at radius 1 is 1.13 bits per heavy atom. The smallest absolute Gasteiger partial charge is 0.256 e. The maximum absolute atomic E-state index is 13.7. The summed E-state index contributed by atoms with van der Waals surface area (Å²) in [6, 6.07) is 6.01. The molecule has 0 unspecified atom stereocenters. The number of carbonyl (C=O) groups is 2. The molecule has 0 atom stereocenters. The lowest BCUT2D eigenvalue weighted by Gasteiger charge is -2.22. The maximum atomic E-state index is 13.7. The van der Waals surface area contributed by atoms with Crippen LogP contribution in [0.3, 0.4) is 0 Å². The zero-order valence-corrected chi connectivity index (χ0v) is 14.1. The summed E-state index contributed by atoms with van der Waals surface area (Å²) in [6.45, 7) is 2.78. The van der Waals surface area contributed by atoms with Gasteiger partial charge in [-0.1, -0.05) is 12.1 Å². The molecular weight excluding hydrogens is 321 g/mol. The molecular formula is C16H23ClFN3O2. The van der Waals surface area contributed by atoms with Crippen molar-refractivity contribution in [1.82, 2.24) is 15.1 Å². The minimum atomic E-state index is -0.501. The van der Waals surface area contributed by atoms with Crippen molar-refractivity contribution in [2.45, 2.75) is 12.8 Å². The summed E-state index contributed by atoms with van der Waals surface area (Å²) in [4.78, 5) is 27.8. The quantitative estimate of drug-likeness (QED) is 0.902. The van der Waals surface area contributed by atoms with Crippen molar-refractivity contribution in [3.8, 4) is 0 Å². The number of nitrogens with zero attached hydrogens (tertiary/aromatic N) is 2. The number of benzene rings is 1. The average molecular weight is 344 g/mol. The van der Waals surface area contributed by atoms with Gasteiger partial charge in [0.15, 0.2) is 0 Å². The summed E-state index contributed by atoms with van der Waals surface area (Å²) in [6.07, 6.45) is 1.17. The van der Waals surface area contributed by atoms with E-state index < -0.39 is 5.82 Å². The second-order valence-corrected chi connectivity index (χ2v) is 5.36. The minimum absolute atomic E-state index is 0. The van der Waals surface area contributed by atoms with Crippen LogP contribution < -0.4 is 5.32 Å². The lowest BCUT2D eigenvalue weighted by atomic mass is 10.2. The highest BCUT2D eigenvalue weighted by atomic mass is 35.5. The molecule has 1 fully saturated rings. The van der Waals surface area contributed by atoms with Gasteiger partial charge < -0.3 is 15.1 Å². The van der Waals surface area contributed by atoms with Crippen molar-refractivity contribution in [1.29, 1.82) is 0 Å². The molecule has 0 aliphatic carbocycles. The molecule has 23 heavy (non-hydrogen) atoms. The molecule has 0 spiro atoms. The predicted octanol–water partition coefficient (Wildman–Crippen LogP) is 1.53. The normalized spacial score (nSPS) is 14.9. The lowest BCUT2D eigenvalue weighted by molar-refractivity contribution is -0.130. The Kier molecular flexibility index (Phi) is 7.98. The molecule has 1 aliphatic rings. The van der Waals surface area contributed by atoms with E-state index in [1.807, 2.05) is 7.05 Å². The molecule has 5 nitrogen and oxygen atoms in total. The summed E-state index contributed by atoms with van der Waals surface area (Å²) in [5, 5.41) is 2.95. The Morgan fingerprint density at radius 3 is 2.48 bits per heavy atom. The zero-order valence-electron chi connectivity index (χ0n) is 13.3. The number of nitrogens with one attached hydrogen (secondary N) is 1. The molecule has 2 rings (SSSR count). The second-order valence-electron chi connectivity index (χ2n) is 5.36. The highest BCUT2D eigenvalue weighted by Gasteiger charge is 2.23. The van der Waals surface area contributed by atoms with E-state index in [0.29, 0.717) is 45.6 Å². The van der Waals surface area contributed by atoms with Crippen molar-refractivity contribution < 1.29 is 14.0 Å². The topological polar surface area (TPSA) is 52.7 Å². The van der Waals surface area contributed by atoms with Gasteiger partial charge in [0.25, 0.3) is 5.91 Å². The predicted molar refractivity (Wildman–Crippen MR) is 89.3 cm³/mol. The molecule has 1 N–H and O–H groups in total. The van der Waals surface area contributed by atoms with E-state index in [0.717, 1.165) is 0 Å². The van der Waals surface area contributed by atoms with Crippen LogP contribution in [0.25, 0.3) is 0 Å². The molecule has 1 aliphatic heterocycles. The van der Waals surface area contributed by atoms with Crippen LogP contribution in [0.4, 0.5) is 4.39 Å². The Labute approximate surface area is 142 Å². The molecule has 1 aromatic carbocycles. The van der Waals surface area contributed by atoms with Gasteiger partial charge in [0.2, 0.25) is 5.91 Å². The first-order chi connectivity index (χ1) is 10.6. The molecule has 2 amide bonds. The van der Waals surface area contributed by atoms with Gasteiger partial charge in [-0.05, 0) is 25.6 Å². The van der Waals surface area contributed by atoms with Gasteiger partial charge in [-0.15, -0.1) is 12.4 Å². The number of hydrogen-bond acceptors (Lipinski definition) is 3. The van der Waals surface area contributed by atoms with Gasteiger partial charge in [-0.25, -0.2) is 4.39 Å². The van der Waals surface area contributed by atoms with Crippen LogP contribution in [0.1, 0.15) is 23.2 Å². The Hall–Kier alpha value is -1.66. The Balaban J connectivity index is 0.00000264.